The van der Waals surface area contributed by atoms with E-state index in [1.807, 2.05) is 6.07 Å². The molecule has 1 atom stereocenters. The highest BCUT2D eigenvalue weighted by Crippen LogP contribution is 2.27. The second kappa shape index (κ2) is 5.57. The van der Waals surface area contributed by atoms with Crippen molar-refractivity contribution in [3.63, 3.8) is 0 Å². The molecule has 1 fully saturated rings. The molecule has 1 aliphatic rings. The molecule has 0 aromatic carbocycles. The Hall–Kier alpha value is -1.62. The van der Waals surface area contributed by atoms with E-state index < -0.39 is 5.97 Å². The zero-order valence-corrected chi connectivity index (χ0v) is 11.4. The van der Waals surface area contributed by atoms with Crippen molar-refractivity contribution < 1.29 is 14.6 Å². The number of pyridine rings is 1. The fourth-order valence-corrected chi connectivity index (χ4v) is 2.40. The van der Waals surface area contributed by atoms with E-state index in [1.165, 1.54) is 6.07 Å². The van der Waals surface area contributed by atoms with Crippen LogP contribution in [0.5, 0.6) is 0 Å². The van der Waals surface area contributed by atoms with Crippen molar-refractivity contribution in [2.24, 2.45) is 0 Å². The predicted molar refractivity (Wildman–Crippen MR) is 72.7 cm³/mol. The minimum absolute atomic E-state index is 0.0842. The topological polar surface area (TPSA) is 62.7 Å². The van der Waals surface area contributed by atoms with Crippen LogP contribution in [0.25, 0.3) is 0 Å². The molecule has 2 rings (SSSR count). The SMILES string of the molecule is CO[C@]1(C)CCCN(c2cccc(C(=O)O)n2)CC1. The van der Waals surface area contributed by atoms with Crippen molar-refractivity contribution in [2.45, 2.75) is 31.8 Å². The first-order chi connectivity index (χ1) is 9.04. The van der Waals surface area contributed by atoms with E-state index in [9.17, 15) is 4.79 Å². The zero-order chi connectivity index (χ0) is 13.9. The molecule has 0 amide bonds. The van der Waals surface area contributed by atoms with Crippen molar-refractivity contribution in [1.82, 2.24) is 4.98 Å². The molecule has 0 bridgehead atoms. The van der Waals surface area contributed by atoms with Crippen molar-refractivity contribution in [3.8, 4) is 0 Å². The van der Waals surface area contributed by atoms with Gasteiger partial charge >= 0.3 is 5.97 Å². The number of carboxylic acids is 1. The highest BCUT2D eigenvalue weighted by atomic mass is 16.5. The summed E-state index contributed by atoms with van der Waals surface area (Å²) in [6.07, 6.45) is 2.95. The predicted octanol–water partition coefficient (Wildman–Crippen LogP) is 2.18. The maximum absolute atomic E-state index is 11.0. The summed E-state index contributed by atoms with van der Waals surface area (Å²) in [4.78, 5) is 17.3. The van der Waals surface area contributed by atoms with Gasteiger partial charge in [-0.2, -0.15) is 0 Å². The van der Waals surface area contributed by atoms with E-state index in [-0.39, 0.29) is 11.3 Å². The number of hydrogen-bond donors (Lipinski definition) is 1. The fraction of sp³-hybridized carbons (Fsp3) is 0.571. The lowest BCUT2D eigenvalue weighted by atomic mass is 9.97. The highest BCUT2D eigenvalue weighted by Gasteiger charge is 2.27. The first-order valence-electron chi connectivity index (χ1n) is 6.54. The summed E-state index contributed by atoms with van der Waals surface area (Å²) in [5, 5.41) is 8.98. The second-order valence-electron chi connectivity index (χ2n) is 5.18. The molecule has 0 aliphatic carbocycles. The first kappa shape index (κ1) is 13.8. The average molecular weight is 264 g/mol. The largest absolute Gasteiger partial charge is 0.477 e. The van der Waals surface area contributed by atoms with Crippen molar-refractivity contribution in [1.29, 1.82) is 0 Å². The van der Waals surface area contributed by atoms with Crippen LogP contribution in [0.15, 0.2) is 18.2 Å². The number of carbonyl (C=O) groups is 1. The van der Waals surface area contributed by atoms with Gasteiger partial charge in [-0.3, -0.25) is 0 Å². The van der Waals surface area contributed by atoms with Crippen LogP contribution in [0, 0.1) is 0 Å². The Morgan fingerprint density at radius 1 is 1.42 bits per heavy atom. The normalized spacial score (nSPS) is 24.0. The Morgan fingerprint density at radius 2 is 2.21 bits per heavy atom. The number of carboxylic acid groups (broad SMARTS) is 1. The molecule has 1 N–H and O–H groups in total. The number of aromatic nitrogens is 1. The van der Waals surface area contributed by atoms with E-state index in [0.717, 1.165) is 38.2 Å². The molecule has 19 heavy (non-hydrogen) atoms. The van der Waals surface area contributed by atoms with Gasteiger partial charge in [-0.1, -0.05) is 6.07 Å². The molecule has 104 valence electrons. The van der Waals surface area contributed by atoms with Gasteiger partial charge in [0.1, 0.15) is 5.82 Å². The summed E-state index contributed by atoms with van der Waals surface area (Å²) in [6, 6.07) is 5.12. The van der Waals surface area contributed by atoms with Gasteiger partial charge < -0.3 is 14.7 Å². The monoisotopic (exact) mass is 264 g/mol. The number of methoxy groups -OCH3 is 1. The van der Waals surface area contributed by atoms with E-state index in [0.29, 0.717) is 0 Å². The first-order valence-corrected chi connectivity index (χ1v) is 6.54. The lowest BCUT2D eigenvalue weighted by Gasteiger charge is -2.27. The maximum Gasteiger partial charge on any atom is 0.354 e. The summed E-state index contributed by atoms with van der Waals surface area (Å²) in [7, 11) is 1.75. The molecule has 0 saturated carbocycles. The molecule has 1 saturated heterocycles. The number of anilines is 1. The van der Waals surface area contributed by atoms with E-state index in [2.05, 4.69) is 16.8 Å². The molecule has 1 aromatic heterocycles. The fourth-order valence-electron chi connectivity index (χ4n) is 2.40. The van der Waals surface area contributed by atoms with Gasteiger partial charge in [0.05, 0.1) is 5.60 Å². The number of rotatable bonds is 3. The number of ether oxygens (including phenoxy) is 1. The van der Waals surface area contributed by atoms with Crippen molar-refractivity contribution in [3.05, 3.63) is 23.9 Å². The Morgan fingerprint density at radius 3 is 2.89 bits per heavy atom. The Kier molecular flexibility index (Phi) is 4.04. The third-order valence-corrected chi connectivity index (χ3v) is 3.81. The molecular weight excluding hydrogens is 244 g/mol. The number of aromatic carboxylic acids is 1. The molecule has 1 aliphatic heterocycles. The van der Waals surface area contributed by atoms with Crippen LogP contribution < -0.4 is 4.90 Å². The van der Waals surface area contributed by atoms with Crippen LogP contribution in [0.2, 0.25) is 0 Å². The smallest absolute Gasteiger partial charge is 0.354 e. The Balaban J connectivity index is 2.14. The van der Waals surface area contributed by atoms with Gasteiger partial charge in [0.15, 0.2) is 5.69 Å². The Labute approximate surface area is 113 Å². The Bertz CT molecular complexity index is 464. The van der Waals surface area contributed by atoms with Crippen LogP contribution in [0.3, 0.4) is 0 Å². The van der Waals surface area contributed by atoms with Crippen LogP contribution in [-0.4, -0.2) is 41.9 Å². The summed E-state index contributed by atoms with van der Waals surface area (Å²) in [5.74, 6) is -0.251. The van der Waals surface area contributed by atoms with Gasteiger partial charge in [0.2, 0.25) is 0 Å². The third kappa shape index (κ3) is 3.23. The van der Waals surface area contributed by atoms with Crippen LogP contribution >= 0.6 is 0 Å². The quantitative estimate of drug-likeness (QED) is 0.906. The van der Waals surface area contributed by atoms with Crippen molar-refractivity contribution in [2.75, 3.05) is 25.1 Å². The molecule has 1 aromatic rings. The molecule has 5 nitrogen and oxygen atoms in total. The standard InChI is InChI=1S/C14H20N2O3/c1-14(19-2)7-4-9-16(10-8-14)12-6-3-5-11(15-12)13(17)18/h3,5-6H,4,7-10H2,1-2H3,(H,17,18)/t14-/m1/s1. The lowest BCUT2D eigenvalue weighted by Crippen LogP contribution is -2.30. The van der Waals surface area contributed by atoms with E-state index in [1.54, 1.807) is 13.2 Å². The summed E-state index contributed by atoms with van der Waals surface area (Å²) in [6.45, 7) is 3.84. The molecule has 2 heterocycles. The van der Waals surface area contributed by atoms with Gasteiger partial charge in [-0.15, -0.1) is 0 Å². The van der Waals surface area contributed by atoms with Crippen LogP contribution in [-0.2, 0) is 4.74 Å². The number of hydrogen-bond acceptors (Lipinski definition) is 4. The summed E-state index contributed by atoms with van der Waals surface area (Å²) < 4.78 is 5.56. The second-order valence-corrected chi connectivity index (χ2v) is 5.18. The number of nitrogens with zero attached hydrogens (tertiary/aromatic N) is 2. The van der Waals surface area contributed by atoms with Crippen LogP contribution in [0.4, 0.5) is 5.82 Å². The van der Waals surface area contributed by atoms with E-state index >= 15 is 0 Å². The molecule has 0 spiro atoms. The van der Waals surface area contributed by atoms with Gasteiger partial charge in [0, 0.05) is 20.2 Å². The molecular formula is C14H20N2O3. The van der Waals surface area contributed by atoms with Crippen LogP contribution in [0.1, 0.15) is 36.7 Å². The molecule has 0 unspecified atom stereocenters. The zero-order valence-electron chi connectivity index (χ0n) is 11.4. The van der Waals surface area contributed by atoms with E-state index in [4.69, 9.17) is 9.84 Å². The third-order valence-electron chi connectivity index (χ3n) is 3.81. The lowest BCUT2D eigenvalue weighted by molar-refractivity contribution is -0.00330. The van der Waals surface area contributed by atoms with Gasteiger partial charge in [-0.25, -0.2) is 9.78 Å². The molecule has 5 heteroatoms. The van der Waals surface area contributed by atoms with Gasteiger partial charge in [0.25, 0.3) is 0 Å². The summed E-state index contributed by atoms with van der Waals surface area (Å²) in [5.41, 5.74) is 0.00958. The highest BCUT2D eigenvalue weighted by molar-refractivity contribution is 5.85. The minimum atomic E-state index is -0.988. The average Bonchev–Trinajstić information content (AvgIpc) is 2.62. The van der Waals surface area contributed by atoms with Gasteiger partial charge in [-0.05, 0) is 38.3 Å². The van der Waals surface area contributed by atoms with Crippen molar-refractivity contribution >= 4 is 11.8 Å². The maximum atomic E-state index is 11.0. The molecule has 0 radical (unpaired) electrons. The minimum Gasteiger partial charge on any atom is -0.477 e. The summed E-state index contributed by atoms with van der Waals surface area (Å²) >= 11 is 0.